The molecule has 0 aliphatic carbocycles. The fourth-order valence-corrected chi connectivity index (χ4v) is 3.53. The van der Waals surface area contributed by atoms with E-state index in [0.29, 0.717) is 11.4 Å². The number of aromatic nitrogens is 5. The summed E-state index contributed by atoms with van der Waals surface area (Å²) in [6.45, 7) is 0.0248. The van der Waals surface area contributed by atoms with E-state index in [0.717, 1.165) is 12.1 Å². The molecular formula is C23H14F5N5O2. The molecule has 0 saturated carbocycles. The molecule has 2 aromatic carbocycles. The lowest BCUT2D eigenvalue weighted by molar-refractivity contribution is -0.137. The van der Waals surface area contributed by atoms with Crippen LogP contribution >= 0.6 is 0 Å². The van der Waals surface area contributed by atoms with Gasteiger partial charge in [0.05, 0.1) is 30.6 Å². The molecule has 0 bridgehead atoms. The number of nitrogens with zero attached hydrogens (tertiary/aromatic N) is 5. The van der Waals surface area contributed by atoms with Crippen LogP contribution in [-0.2, 0) is 12.7 Å². The molecule has 2 aliphatic heterocycles. The van der Waals surface area contributed by atoms with E-state index >= 15 is 0 Å². The van der Waals surface area contributed by atoms with Crippen molar-refractivity contribution in [1.82, 2.24) is 24.9 Å². The third-order valence-electron chi connectivity index (χ3n) is 5.19. The first-order valence-corrected chi connectivity index (χ1v) is 10.1. The quantitative estimate of drug-likeness (QED) is 0.307. The van der Waals surface area contributed by atoms with Crippen molar-refractivity contribution in [1.29, 1.82) is 0 Å². The summed E-state index contributed by atoms with van der Waals surface area (Å²) in [7, 11) is 1.28. The van der Waals surface area contributed by atoms with Crippen molar-refractivity contribution in [3.63, 3.8) is 0 Å². The smallest absolute Gasteiger partial charge is 0.417 e. The summed E-state index contributed by atoms with van der Waals surface area (Å²) in [6, 6.07) is 8.62. The van der Waals surface area contributed by atoms with Crippen molar-refractivity contribution in [2.24, 2.45) is 0 Å². The van der Waals surface area contributed by atoms with Crippen LogP contribution in [0.1, 0.15) is 11.3 Å². The fourth-order valence-electron chi connectivity index (χ4n) is 3.53. The van der Waals surface area contributed by atoms with Crippen LogP contribution in [0, 0.1) is 11.6 Å². The maximum Gasteiger partial charge on any atom is 0.417 e. The normalized spacial score (nSPS) is 11.8. The van der Waals surface area contributed by atoms with Gasteiger partial charge in [-0.2, -0.15) is 18.3 Å². The van der Waals surface area contributed by atoms with Gasteiger partial charge in [0.15, 0.2) is 23.2 Å². The van der Waals surface area contributed by atoms with Crippen molar-refractivity contribution in [2.45, 2.75) is 12.7 Å². The Kier molecular flexibility index (Phi) is 5.42. The Morgan fingerprint density at radius 1 is 0.971 bits per heavy atom. The summed E-state index contributed by atoms with van der Waals surface area (Å²) >= 11 is 0. The minimum Gasteiger partial charge on any atom is -0.497 e. The minimum absolute atomic E-state index is 0.00214. The molecule has 0 fully saturated rings. The highest BCUT2D eigenvalue weighted by atomic mass is 19.4. The van der Waals surface area contributed by atoms with E-state index in [4.69, 9.17) is 9.26 Å². The Labute approximate surface area is 194 Å². The Morgan fingerprint density at radius 2 is 1.77 bits per heavy atom. The van der Waals surface area contributed by atoms with Gasteiger partial charge >= 0.3 is 6.18 Å². The van der Waals surface area contributed by atoms with Crippen LogP contribution in [0.15, 0.2) is 59.4 Å². The highest BCUT2D eigenvalue weighted by Gasteiger charge is 2.35. The Bertz CT molecular complexity index is 1490. The summed E-state index contributed by atoms with van der Waals surface area (Å²) in [5.41, 5.74) is -0.459. The summed E-state index contributed by atoms with van der Waals surface area (Å²) in [5, 5.41) is 7.95. The average molecular weight is 487 g/mol. The second kappa shape index (κ2) is 8.46. The van der Waals surface area contributed by atoms with E-state index in [1.54, 1.807) is 0 Å². The van der Waals surface area contributed by atoms with Gasteiger partial charge in [-0.1, -0.05) is 11.2 Å². The molecule has 0 amide bonds. The number of hydrogen-bond donors (Lipinski definition) is 0. The largest absolute Gasteiger partial charge is 0.497 e. The second-order valence-electron chi connectivity index (χ2n) is 7.48. The first-order valence-electron chi connectivity index (χ1n) is 10.1. The van der Waals surface area contributed by atoms with Gasteiger partial charge in [-0.05, 0) is 30.3 Å². The van der Waals surface area contributed by atoms with Gasteiger partial charge in [-0.3, -0.25) is 4.68 Å². The van der Waals surface area contributed by atoms with Crippen molar-refractivity contribution in [2.75, 3.05) is 7.11 Å². The molecule has 12 heteroatoms. The van der Waals surface area contributed by atoms with Gasteiger partial charge in [-0.25, -0.2) is 18.7 Å². The van der Waals surface area contributed by atoms with Crippen molar-refractivity contribution in [3.05, 3.63) is 77.8 Å². The fraction of sp³-hybridized carbons (Fsp3) is 0.130. The van der Waals surface area contributed by atoms with Crippen LogP contribution in [0.3, 0.4) is 0 Å². The highest BCUT2D eigenvalue weighted by Crippen LogP contribution is 2.39. The van der Waals surface area contributed by atoms with E-state index in [2.05, 4.69) is 20.2 Å². The number of hydrogen-bond acceptors (Lipinski definition) is 6. The Balaban J connectivity index is 1.43. The van der Waals surface area contributed by atoms with Crippen LogP contribution in [-0.4, -0.2) is 32.0 Å². The number of halogens is 5. The molecule has 5 rings (SSSR count). The number of rotatable bonds is 5. The molecule has 0 unspecified atom stereocenters. The minimum atomic E-state index is -4.63. The third-order valence-corrected chi connectivity index (χ3v) is 5.19. The van der Waals surface area contributed by atoms with Crippen LogP contribution in [0.2, 0.25) is 0 Å². The number of methoxy groups -OCH3 is 1. The zero-order valence-corrected chi connectivity index (χ0v) is 17.8. The Morgan fingerprint density at radius 3 is 2.54 bits per heavy atom. The molecular weight excluding hydrogens is 473 g/mol. The topological polar surface area (TPSA) is 78.9 Å². The summed E-state index contributed by atoms with van der Waals surface area (Å²) in [4.78, 5) is 8.41. The number of benzene rings is 2. The van der Waals surface area contributed by atoms with Crippen molar-refractivity contribution < 1.29 is 31.2 Å². The van der Waals surface area contributed by atoms with Gasteiger partial charge in [-0.15, -0.1) is 0 Å². The average Bonchev–Trinajstić information content (AvgIpc) is 3.46. The SMILES string of the molecule is COc1ccc(-c2cc(Cn3cc4nc(-c5cccc(F)c5F)nc-4cn3)on2)c(C(F)(F)F)c1. The van der Waals surface area contributed by atoms with Gasteiger partial charge in [0.2, 0.25) is 0 Å². The first-order chi connectivity index (χ1) is 16.7. The van der Waals surface area contributed by atoms with Gasteiger partial charge in [0.1, 0.15) is 29.4 Å². The monoisotopic (exact) mass is 487 g/mol. The predicted molar refractivity (Wildman–Crippen MR) is 112 cm³/mol. The lowest BCUT2D eigenvalue weighted by Gasteiger charge is -2.12. The lowest BCUT2D eigenvalue weighted by atomic mass is 10.0. The maximum atomic E-state index is 14.1. The number of ether oxygens (including phenoxy) is 1. The summed E-state index contributed by atoms with van der Waals surface area (Å²) < 4.78 is 79.8. The van der Waals surface area contributed by atoms with Crippen molar-refractivity contribution in [3.8, 4) is 39.8 Å². The molecule has 35 heavy (non-hydrogen) atoms. The number of imidazole rings is 1. The predicted octanol–water partition coefficient (Wildman–Crippen LogP) is 5.45. The van der Waals surface area contributed by atoms with E-state index in [9.17, 15) is 22.0 Å². The van der Waals surface area contributed by atoms with Crippen LogP contribution < -0.4 is 4.74 Å². The van der Waals surface area contributed by atoms with Gasteiger partial charge in [0, 0.05) is 11.6 Å². The molecule has 0 spiro atoms. The molecule has 1 aromatic heterocycles. The standard InChI is InChI=1S/C23H14F5N5O2/c1-34-12-5-6-14(16(7-12)23(26,27)28)18-8-13(35-32-18)10-33-11-20-19(9-29-33)30-22(31-20)15-3-2-4-17(24)21(15)25/h2-9,11H,10H2,1H3. The molecule has 0 saturated heterocycles. The molecule has 0 atom stereocenters. The lowest BCUT2D eigenvalue weighted by Crippen LogP contribution is -2.07. The Hall–Kier alpha value is -4.35. The van der Waals surface area contributed by atoms with E-state index in [1.165, 1.54) is 54.5 Å². The van der Waals surface area contributed by atoms with Gasteiger partial charge < -0.3 is 9.26 Å². The number of fused-ring (bicyclic) bond motifs is 1. The molecule has 7 nitrogen and oxygen atoms in total. The summed E-state index contributed by atoms with van der Waals surface area (Å²) in [5.74, 6) is -1.79. The highest BCUT2D eigenvalue weighted by molar-refractivity contribution is 5.66. The van der Waals surface area contributed by atoms with Gasteiger partial charge in [0.25, 0.3) is 0 Å². The molecule has 3 heterocycles. The summed E-state index contributed by atoms with van der Waals surface area (Å²) in [6.07, 6.45) is -1.75. The van der Waals surface area contributed by atoms with E-state index in [-0.39, 0.29) is 40.7 Å². The van der Waals surface area contributed by atoms with E-state index in [1.807, 2.05) is 0 Å². The molecule has 0 N–H and O–H groups in total. The van der Waals surface area contributed by atoms with E-state index < -0.39 is 23.4 Å². The first kappa shape index (κ1) is 22.4. The van der Waals surface area contributed by atoms with Crippen molar-refractivity contribution >= 4 is 0 Å². The third kappa shape index (κ3) is 4.29. The molecule has 3 aromatic rings. The van der Waals surface area contributed by atoms with Crippen LogP contribution in [0.4, 0.5) is 22.0 Å². The molecule has 2 aliphatic rings. The zero-order chi connectivity index (χ0) is 24.7. The maximum absolute atomic E-state index is 14.1. The zero-order valence-electron chi connectivity index (χ0n) is 17.8. The van der Waals surface area contributed by atoms with Crippen LogP contribution in [0.25, 0.3) is 34.0 Å². The molecule has 0 radical (unpaired) electrons. The second-order valence-corrected chi connectivity index (χ2v) is 7.48. The van der Waals surface area contributed by atoms with Crippen LogP contribution in [0.5, 0.6) is 5.75 Å². The molecule has 178 valence electrons. The number of alkyl halides is 3.